The van der Waals surface area contributed by atoms with Gasteiger partial charge in [0.05, 0.1) is 0 Å². The minimum absolute atomic E-state index is 0.258. The summed E-state index contributed by atoms with van der Waals surface area (Å²) in [5.74, 6) is 3.24. The molecule has 0 aliphatic heterocycles. The van der Waals surface area contributed by atoms with E-state index in [1.165, 1.54) is 77.0 Å². The van der Waals surface area contributed by atoms with Gasteiger partial charge in [-0.05, 0) is 108 Å². The van der Waals surface area contributed by atoms with Gasteiger partial charge in [-0.2, -0.15) is 0 Å². The van der Waals surface area contributed by atoms with Gasteiger partial charge < -0.3 is 19.8 Å². The van der Waals surface area contributed by atoms with Crippen molar-refractivity contribution in [2.24, 2.45) is 23.7 Å². The highest BCUT2D eigenvalue weighted by molar-refractivity contribution is 5.76. The van der Waals surface area contributed by atoms with Gasteiger partial charge in [0.25, 0.3) is 0 Å². The number of aliphatic hydroxyl groups is 1. The summed E-state index contributed by atoms with van der Waals surface area (Å²) in [7, 11) is 0. The Morgan fingerprint density at radius 1 is 0.407 bits per heavy atom. The predicted molar refractivity (Wildman–Crippen MR) is 236 cm³/mol. The molecule has 0 saturated heterocycles. The standard InChI is InChI=1S/C48H97N3O3/c1-9-17-29-43(13-5)39-50(40-44(14-6)30-18-10-2)47(53)33-23-21-25-35-49(37-27-28-38-52)36-26-22-24-34-48(54)51(41-45(15-7)31-19-11-3)42-46(16-8)32-20-12-4/h43-46,52H,9-42H2,1-8H3. The zero-order chi connectivity index (χ0) is 40.2. The zero-order valence-corrected chi connectivity index (χ0v) is 38.0. The largest absolute Gasteiger partial charge is 0.396 e. The minimum Gasteiger partial charge on any atom is -0.396 e. The Bertz CT molecular complexity index is 740. The summed E-state index contributed by atoms with van der Waals surface area (Å²) in [5, 5.41) is 9.43. The minimum atomic E-state index is 0.258. The molecule has 0 rings (SSSR count). The molecule has 4 unspecified atom stereocenters. The summed E-state index contributed by atoms with van der Waals surface area (Å²) >= 11 is 0. The molecule has 0 bridgehead atoms. The maximum Gasteiger partial charge on any atom is 0.222 e. The summed E-state index contributed by atoms with van der Waals surface area (Å²) in [4.78, 5) is 34.4. The molecule has 0 aromatic carbocycles. The lowest BCUT2D eigenvalue weighted by molar-refractivity contribution is -0.133. The van der Waals surface area contributed by atoms with Gasteiger partial charge in [-0.15, -0.1) is 0 Å². The molecule has 54 heavy (non-hydrogen) atoms. The molecule has 0 aromatic rings. The lowest BCUT2D eigenvalue weighted by Crippen LogP contribution is -2.39. The molecule has 0 aliphatic rings. The SMILES string of the molecule is CCCCC(CC)CN(CC(CC)CCCC)C(=O)CCCCCN(CCCCO)CCCCCC(=O)N(CC(CC)CCCC)CC(CC)CCCC. The van der Waals surface area contributed by atoms with Crippen molar-refractivity contribution in [3.8, 4) is 0 Å². The molecule has 0 heterocycles. The van der Waals surface area contributed by atoms with Crippen molar-refractivity contribution >= 4 is 11.8 Å². The van der Waals surface area contributed by atoms with Crippen LogP contribution in [0.2, 0.25) is 0 Å². The van der Waals surface area contributed by atoms with Crippen molar-refractivity contribution in [3.05, 3.63) is 0 Å². The second kappa shape index (κ2) is 37.4. The second-order valence-corrected chi connectivity index (χ2v) is 17.2. The van der Waals surface area contributed by atoms with Gasteiger partial charge in [-0.25, -0.2) is 0 Å². The van der Waals surface area contributed by atoms with Crippen LogP contribution in [0.25, 0.3) is 0 Å². The highest BCUT2D eigenvalue weighted by Gasteiger charge is 2.23. The van der Waals surface area contributed by atoms with E-state index in [0.29, 0.717) is 48.3 Å². The van der Waals surface area contributed by atoms with Gasteiger partial charge in [0, 0.05) is 45.6 Å². The molecule has 2 amide bonds. The van der Waals surface area contributed by atoms with Crippen LogP contribution in [0.15, 0.2) is 0 Å². The molecule has 6 nitrogen and oxygen atoms in total. The Kier molecular flexibility index (Phi) is 36.6. The van der Waals surface area contributed by atoms with Gasteiger partial charge in [0.15, 0.2) is 0 Å². The number of rotatable bonds is 40. The number of aliphatic hydroxyl groups excluding tert-OH is 1. The Labute approximate surface area is 338 Å². The smallest absolute Gasteiger partial charge is 0.222 e. The van der Waals surface area contributed by atoms with Crippen molar-refractivity contribution in [2.45, 2.75) is 222 Å². The fraction of sp³-hybridized carbons (Fsp3) is 0.958. The van der Waals surface area contributed by atoms with Crippen molar-refractivity contribution in [2.75, 3.05) is 52.4 Å². The topological polar surface area (TPSA) is 64.1 Å². The molecule has 6 heteroatoms. The van der Waals surface area contributed by atoms with E-state index >= 15 is 0 Å². The van der Waals surface area contributed by atoms with Crippen LogP contribution in [0, 0.1) is 23.7 Å². The Morgan fingerprint density at radius 3 is 0.963 bits per heavy atom. The first-order chi connectivity index (χ1) is 26.3. The number of hydrogen-bond acceptors (Lipinski definition) is 4. The van der Waals surface area contributed by atoms with E-state index in [2.05, 4.69) is 70.1 Å². The summed E-state index contributed by atoms with van der Waals surface area (Å²) in [6, 6.07) is 0. The molecule has 1 N–H and O–H groups in total. The van der Waals surface area contributed by atoms with Gasteiger partial charge in [-0.1, -0.05) is 145 Å². The second-order valence-electron chi connectivity index (χ2n) is 17.2. The Balaban J connectivity index is 5.06. The molecule has 0 fully saturated rings. The van der Waals surface area contributed by atoms with Crippen LogP contribution in [0.5, 0.6) is 0 Å². The average molecular weight is 764 g/mol. The van der Waals surface area contributed by atoms with Gasteiger partial charge in [0.1, 0.15) is 0 Å². The van der Waals surface area contributed by atoms with Crippen LogP contribution in [0.4, 0.5) is 0 Å². The Morgan fingerprint density at radius 2 is 0.704 bits per heavy atom. The number of amides is 2. The van der Waals surface area contributed by atoms with Gasteiger partial charge in [0.2, 0.25) is 11.8 Å². The average Bonchev–Trinajstić information content (AvgIpc) is 3.18. The molecule has 4 atom stereocenters. The predicted octanol–water partition coefficient (Wildman–Crippen LogP) is 12.7. The monoisotopic (exact) mass is 764 g/mol. The highest BCUT2D eigenvalue weighted by Crippen LogP contribution is 2.22. The third-order valence-electron chi connectivity index (χ3n) is 12.4. The van der Waals surface area contributed by atoms with Crippen LogP contribution < -0.4 is 0 Å². The third kappa shape index (κ3) is 27.5. The number of unbranched alkanes of at least 4 members (excludes halogenated alkanes) is 9. The fourth-order valence-corrected chi connectivity index (χ4v) is 8.15. The molecule has 0 saturated carbocycles. The van der Waals surface area contributed by atoms with Crippen molar-refractivity contribution in [3.63, 3.8) is 0 Å². The number of hydrogen-bond donors (Lipinski definition) is 1. The molecule has 322 valence electrons. The molecular formula is C48H97N3O3. The van der Waals surface area contributed by atoms with Crippen molar-refractivity contribution < 1.29 is 14.7 Å². The van der Waals surface area contributed by atoms with Crippen LogP contribution in [-0.4, -0.2) is 84.0 Å². The normalized spacial score (nSPS) is 14.0. The van der Waals surface area contributed by atoms with E-state index in [-0.39, 0.29) is 6.61 Å². The first-order valence-corrected chi connectivity index (χ1v) is 24.1. The summed E-state index contributed by atoms with van der Waals surface area (Å²) in [5.41, 5.74) is 0. The van der Waals surface area contributed by atoms with E-state index in [4.69, 9.17) is 0 Å². The number of carbonyl (C=O) groups excluding carboxylic acids is 2. The maximum absolute atomic E-state index is 13.6. The summed E-state index contributed by atoms with van der Waals surface area (Å²) < 4.78 is 0. The van der Waals surface area contributed by atoms with Crippen LogP contribution in [-0.2, 0) is 9.59 Å². The van der Waals surface area contributed by atoms with Crippen molar-refractivity contribution in [1.29, 1.82) is 0 Å². The first kappa shape index (κ1) is 52.9. The van der Waals surface area contributed by atoms with Crippen LogP contribution in [0.3, 0.4) is 0 Å². The maximum atomic E-state index is 13.6. The van der Waals surface area contributed by atoms with E-state index < -0.39 is 0 Å². The highest BCUT2D eigenvalue weighted by atomic mass is 16.3. The molecule has 0 aliphatic carbocycles. The van der Waals surface area contributed by atoms with Gasteiger partial charge >= 0.3 is 0 Å². The number of carbonyl (C=O) groups is 2. The van der Waals surface area contributed by atoms with Crippen molar-refractivity contribution in [1.82, 2.24) is 14.7 Å². The van der Waals surface area contributed by atoms with E-state index in [9.17, 15) is 14.7 Å². The fourth-order valence-electron chi connectivity index (χ4n) is 8.15. The molecule has 0 aromatic heterocycles. The van der Waals surface area contributed by atoms with E-state index in [0.717, 1.165) is 123 Å². The quantitative estimate of drug-likeness (QED) is 0.0631. The lowest BCUT2D eigenvalue weighted by Gasteiger charge is -2.31. The van der Waals surface area contributed by atoms with E-state index in [1.807, 2.05) is 0 Å². The third-order valence-corrected chi connectivity index (χ3v) is 12.4. The van der Waals surface area contributed by atoms with Crippen LogP contribution in [0.1, 0.15) is 222 Å². The molecule has 0 radical (unpaired) electrons. The van der Waals surface area contributed by atoms with E-state index in [1.54, 1.807) is 0 Å². The molecular weight excluding hydrogens is 667 g/mol. The number of nitrogens with zero attached hydrogens (tertiary/aromatic N) is 3. The first-order valence-electron chi connectivity index (χ1n) is 24.1. The lowest BCUT2D eigenvalue weighted by atomic mass is 9.95. The van der Waals surface area contributed by atoms with Gasteiger partial charge in [-0.3, -0.25) is 9.59 Å². The molecule has 0 spiro atoms. The summed E-state index contributed by atoms with van der Waals surface area (Å²) in [6.45, 7) is 25.4. The van der Waals surface area contributed by atoms with Crippen LogP contribution >= 0.6 is 0 Å². The summed E-state index contributed by atoms with van der Waals surface area (Å²) in [6.07, 6.45) is 29.2. The Hall–Kier alpha value is -1.14. The zero-order valence-electron chi connectivity index (χ0n) is 38.0.